The summed E-state index contributed by atoms with van der Waals surface area (Å²) in [5, 5.41) is 5.08. The molecule has 0 bridgehead atoms. The molecule has 2 amide bonds. The van der Waals surface area contributed by atoms with Crippen LogP contribution in [0.1, 0.15) is 40.0 Å². The number of unbranched alkanes of at least 4 members (excludes halogenated alkanes) is 1. The van der Waals surface area contributed by atoms with Crippen LogP contribution in [-0.2, 0) is 19.7 Å². The first kappa shape index (κ1) is 25.1. The van der Waals surface area contributed by atoms with Gasteiger partial charge < -0.3 is 15.2 Å². The predicted molar refractivity (Wildman–Crippen MR) is 77.2 cm³/mol. The first-order valence-corrected chi connectivity index (χ1v) is 7.69. The fourth-order valence-electron chi connectivity index (χ4n) is 0.955. The summed E-state index contributed by atoms with van der Waals surface area (Å²) in [7, 11) is -4.12. The molecule has 9 heteroatoms. The van der Waals surface area contributed by atoms with Crippen molar-refractivity contribution in [3.8, 4) is 0 Å². The van der Waals surface area contributed by atoms with Crippen molar-refractivity contribution in [2.45, 2.75) is 40.0 Å². The third-order valence-corrected chi connectivity index (χ3v) is 2.64. The zero-order chi connectivity index (χ0) is 15.3. The molecule has 0 aromatic heterocycles. The van der Waals surface area contributed by atoms with Crippen LogP contribution in [0.15, 0.2) is 0 Å². The van der Waals surface area contributed by atoms with Gasteiger partial charge in [0.05, 0.1) is 10.1 Å². The largest absolute Gasteiger partial charge is 2.00 e. The summed E-state index contributed by atoms with van der Waals surface area (Å²) in [6.07, 6.45) is 2.39. The summed E-state index contributed by atoms with van der Waals surface area (Å²) in [4.78, 5) is 20.4. The van der Waals surface area contributed by atoms with E-state index in [-0.39, 0.29) is 62.5 Å². The SMILES string of the molecule is CC(=O)NCCCS(=O)(=O)[O-].CCCCNC(C)=O.[Ca+2]. The molecule has 0 aliphatic heterocycles. The van der Waals surface area contributed by atoms with Gasteiger partial charge in [0.25, 0.3) is 0 Å². The molecule has 0 aromatic carbocycles. The molecule has 0 rings (SSSR count). The standard InChI is InChI=1S/C6H13NO.C5H11NO4S.Ca/c1-3-4-5-7-6(2)8;1-5(7)6-3-2-4-11(8,9)10;/h3-5H2,1-2H3,(H,7,8);2-4H2,1H3,(H,6,7)(H,8,9,10);/q;;+2/p-1. The summed E-state index contributed by atoms with van der Waals surface area (Å²) >= 11 is 0. The van der Waals surface area contributed by atoms with Crippen molar-refractivity contribution < 1.29 is 22.6 Å². The Morgan fingerprint density at radius 1 is 1.00 bits per heavy atom. The van der Waals surface area contributed by atoms with Crippen LogP contribution in [0.2, 0.25) is 0 Å². The molecular formula is C11H23CaN2O5S+. The van der Waals surface area contributed by atoms with Crippen LogP contribution in [0.5, 0.6) is 0 Å². The minimum atomic E-state index is -4.12. The third-order valence-electron chi connectivity index (χ3n) is 1.85. The van der Waals surface area contributed by atoms with Crippen molar-refractivity contribution in [1.29, 1.82) is 0 Å². The van der Waals surface area contributed by atoms with Gasteiger partial charge in [0.15, 0.2) is 0 Å². The van der Waals surface area contributed by atoms with Crippen LogP contribution in [0.4, 0.5) is 0 Å². The van der Waals surface area contributed by atoms with Gasteiger partial charge in [-0.3, -0.25) is 9.59 Å². The van der Waals surface area contributed by atoms with Gasteiger partial charge in [0, 0.05) is 32.7 Å². The maximum atomic E-state index is 10.2. The van der Waals surface area contributed by atoms with Crippen LogP contribution in [0, 0.1) is 0 Å². The molecule has 20 heavy (non-hydrogen) atoms. The first-order chi connectivity index (χ1) is 8.69. The Bertz CT molecular complexity index is 360. The van der Waals surface area contributed by atoms with Crippen LogP contribution < -0.4 is 10.6 Å². The molecule has 114 valence electrons. The molecule has 0 aliphatic rings. The number of carbonyl (C=O) groups is 2. The van der Waals surface area contributed by atoms with E-state index >= 15 is 0 Å². The van der Waals surface area contributed by atoms with Gasteiger partial charge in [-0.2, -0.15) is 0 Å². The molecule has 0 heterocycles. The fourth-order valence-corrected chi connectivity index (χ4v) is 1.45. The zero-order valence-corrected chi connectivity index (χ0v) is 15.4. The van der Waals surface area contributed by atoms with E-state index < -0.39 is 15.9 Å². The first-order valence-electron chi connectivity index (χ1n) is 6.11. The number of rotatable bonds is 7. The third kappa shape index (κ3) is 30.8. The van der Waals surface area contributed by atoms with Gasteiger partial charge in [0.1, 0.15) is 0 Å². The second-order valence-corrected chi connectivity index (χ2v) is 5.46. The van der Waals surface area contributed by atoms with Crippen molar-refractivity contribution in [2.75, 3.05) is 18.8 Å². The molecule has 0 aromatic rings. The smallest absolute Gasteiger partial charge is 0.748 e. The summed E-state index contributed by atoms with van der Waals surface area (Å²) in [5.41, 5.74) is 0. The summed E-state index contributed by atoms with van der Waals surface area (Å²) < 4.78 is 30.0. The van der Waals surface area contributed by atoms with E-state index in [0.717, 1.165) is 19.4 Å². The van der Waals surface area contributed by atoms with E-state index in [4.69, 9.17) is 0 Å². The second-order valence-electron chi connectivity index (χ2n) is 3.93. The van der Waals surface area contributed by atoms with Crippen LogP contribution in [0.25, 0.3) is 0 Å². The van der Waals surface area contributed by atoms with Crippen LogP contribution in [-0.4, -0.2) is 81.4 Å². The predicted octanol–water partition coefficient (Wildman–Crippen LogP) is -0.400. The monoisotopic (exact) mass is 335 g/mol. The van der Waals surface area contributed by atoms with Gasteiger partial charge in [-0.1, -0.05) is 13.3 Å². The molecule has 0 saturated heterocycles. The second kappa shape index (κ2) is 15.5. The van der Waals surface area contributed by atoms with Crippen LogP contribution >= 0.6 is 0 Å². The number of amides is 2. The molecule has 0 fully saturated rings. The van der Waals surface area contributed by atoms with Crippen LogP contribution in [0.3, 0.4) is 0 Å². The Balaban J connectivity index is -0.000000288. The van der Waals surface area contributed by atoms with E-state index in [0.29, 0.717) is 0 Å². The van der Waals surface area contributed by atoms with E-state index in [1.165, 1.54) is 13.8 Å². The van der Waals surface area contributed by atoms with Crippen molar-refractivity contribution >= 4 is 59.7 Å². The Hall–Kier alpha value is 0.110. The van der Waals surface area contributed by atoms with Gasteiger partial charge >= 0.3 is 37.7 Å². The van der Waals surface area contributed by atoms with Crippen molar-refractivity contribution in [1.82, 2.24) is 10.6 Å². The van der Waals surface area contributed by atoms with Gasteiger partial charge in [0.2, 0.25) is 11.8 Å². The molecule has 0 radical (unpaired) electrons. The van der Waals surface area contributed by atoms with E-state index in [2.05, 4.69) is 17.6 Å². The minimum Gasteiger partial charge on any atom is -0.748 e. The normalized spacial score (nSPS) is 9.60. The average Bonchev–Trinajstić information content (AvgIpc) is 2.24. The Morgan fingerprint density at radius 3 is 1.70 bits per heavy atom. The number of carbonyl (C=O) groups excluding carboxylic acids is 2. The molecule has 2 N–H and O–H groups in total. The molecule has 7 nitrogen and oxygen atoms in total. The molecule has 0 unspecified atom stereocenters. The average molecular weight is 335 g/mol. The number of hydrogen-bond donors (Lipinski definition) is 2. The molecule has 0 saturated carbocycles. The Kier molecular flexibility index (Phi) is 19.4. The van der Waals surface area contributed by atoms with Crippen molar-refractivity contribution in [3.05, 3.63) is 0 Å². The van der Waals surface area contributed by atoms with Crippen molar-refractivity contribution in [2.24, 2.45) is 0 Å². The summed E-state index contributed by atoms with van der Waals surface area (Å²) in [6, 6.07) is 0. The topological polar surface area (TPSA) is 115 Å². The minimum absolute atomic E-state index is 0. The molecule has 0 atom stereocenters. The maximum Gasteiger partial charge on any atom is 2.00 e. The zero-order valence-electron chi connectivity index (χ0n) is 12.4. The van der Waals surface area contributed by atoms with Gasteiger partial charge in [-0.25, -0.2) is 8.42 Å². The Labute approximate surface area is 151 Å². The van der Waals surface area contributed by atoms with Gasteiger partial charge in [-0.05, 0) is 12.8 Å². The summed E-state index contributed by atoms with van der Waals surface area (Å²) in [6.45, 7) is 6.02. The van der Waals surface area contributed by atoms with E-state index in [1.807, 2.05) is 0 Å². The Morgan fingerprint density at radius 2 is 1.40 bits per heavy atom. The number of hydrogen-bond acceptors (Lipinski definition) is 5. The quantitative estimate of drug-likeness (QED) is 0.373. The van der Waals surface area contributed by atoms with Gasteiger partial charge in [-0.15, -0.1) is 0 Å². The molecule has 0 spiro atoms. The maximum absolute atomic E-state index is 10.2. The molecular weight excluding hydrogens is 312 g/mol. The molecule has 0 aliphatic carbocycles. The number of nitrogens with one attached hydrogen (secondary N) is 2. The van der Waals surface area contributed by atoms with E-state index in [9.17, 15) is 22.6 Å². The fraction of sp³-hybridized carbons (Fsp3) is 0.818. The van der Waals surface area contributed by atoms with Crippen molar-refractivity contribution in [3.63, 3.8) is 0 Å². The van der Waals surface area contributed by atoms with E-state index in [1.54, 1.807) is 0 Å². The summed E-state index contributed by atoms with van der Waals surface area (Å²) in [5.74, 6) is -0.584.